The first-order chi connectivity index (χ1) is 12.6. The van der Waals surface area contributed by atoms with Crippen molar-refractivity contribution in [1.82, 2.24) is 19.7 Å². The minimum Gasteiger partial charge on any atom is -0.332 e. The molecule has 0 fully saturated rings. The average Bonchev–Trinajstić information content (AvgIpc) is 3.21. The van der Waals surface area contributed by atoms with Crippen molar-refractivity contribution < 1.29 is 9.18 Å². The van der Waals surface area contributed by atoms with Gasteiger partial charge in [-0.05, 0) is 37.6 Å². The van der Waals surface area contributed by atoms with Gasteiger partial charge >= 0.3 is 0 Å². The minimum atomic E-state index is -0.299. The minimum absolute atomic E-state index is 0.0133. The first-order valence-electron chi connectivity index (χ1n) is 8.59. The number of carbonyl (C=O) groups excluding carboxylic acids is 1. The monoisotopic (exact) mass is 352 g/mol. The number of hydrogen-bond donors (Lipinski definition) is 0. The molecule has 0 aliphatic carbocycles. The van der Waals surface area contributed by atoms with E-state index in [0.29, 0.717) is 11.1 Å². The maximum atomic E-state index is 14.1. The molecular formula is C20H21FN4O. The molecule has 3 aromatic rings. The summed E-state index contributed by atoms with van der Waals surface area (Å²) in [7, 11) is 0. The number of benzene rings is 2. The molecule has 0 saturated carbocycles. The maximum Gasteiger partial charge on any atom is 0.254 e. The van der Waals surface area contributed by atoms with Gasteiger partial charge in [0.05, 0.1) is 0 Å². The summed E-state index contributed by atoms with van der Waals surface area (Å²) in [5.41, 5.74) is 1.86. The fourth-order valence-electron chi connectivity index (χ4n) is 2.76. The number of amides is 1. The van der Waals surface area contributed by atoms with E-state index in [2.05, 4.69) is 10.2 Å². The number of halogens is 1. The summed E-state index contributed by atoms with van der Waals surface area (Å²) in [6.45, 7) is 4.22. The lowest BCUT2D eigenvalue weighted by Crippen LogP contribution is -2.38. The fraction of sp³-hybridized carbons (Fsp3) is 0.250. The number of hydrogen-bond acceptors (Lipinski definition) is 3. The van der Waals surface area contributed by atoms with Crippen LogP contribution in [0, 0.1) is 5.82 Å². The number of rotatable bonds is 6. The molecule has 0 unspecified atom stereocenters. The maximum absolute atomic E-state index is 14.1. The molecular weight excluding hydrogens is 331 g/mol. The van der Waals surface area contributed by atoms with E-state index in [4.69, 9.17) is 0 Å². The second-order valence-corrected chi connectivity index (χ2v) is 6.20. The summed E-state index contributed by atoms with van der Waals surface area (Å²) < 4.78 is 15.8. The molecule has 1 amide bonds. The summed E-state index contributed by atoms with van der Waals surface area (Å²) in [5, 5.41) is 7.58. The predicted molar refractivity (Wildman–Crippen MR) is 97.4 cm³/mol. The van der Waals surface area contributed by atoms with Crippen molar-refractivity contribution in [1.29, 1.82) is 0 Å². The van der Waals surface area contributed by atoms with E-state index in [9.17, 15) is 9.18 Å². The Morgan fingerprint density at radius 3 is 2.58 bits per heavy atom. The Morgan fingerprint density at radius 1 is 1.15 bits per heavy atom. The normalized spacial score (nSPS) is 12.0. The Labute approximate surface area is 152 Å². The average molecular weight is 352 g/mol. The van der Waals surface area contributed by atoms with Crippen molar-refractivity contribution in [2.45, 2.75) is 32.9 Å². The van der Waals surface area contributed by atoms with Crippen molar-refractivity contribution in [2.24, 2.45) is 0 Å². The highest BCUT2D eigenvalue weighted by molar-refractivity contribution is 5.95. The highest BCUT2D eigenvalue weighted by Crippen LogP contribution is 2.19. The molecule has 1 heterocycles. The molecule has 26 heavy (non-hydrogen) atoms. The summed E-state index contributed by atoms with van der Waals surface area (Å²) >= 11 is 0. The lowest BCUT2D eigenvalue weighted by molar-refractivity contribution is 0.0669. The van der Waals surface area contributed by atoms with Crippen LogP contribution in [0.4, 0.5) is 4.39 Å². The Morgan fingerprint density at radius 2 is 1.88 bits per heavy atom. The van der Waals surface area contributed by atoms with Crippen LogP contribution in [-0.2, 0) is 6.54 Å². The molecule has 3 rings (SSSR count). The van der Waals surface area contributed by atoms with E-state index in [1.807, 2.05) is 26.0 Å². The van der Waals surface area contributed by atoms with Crippen molar-refractivity contribution >= 4 is 5.91 Å². The smallest absolute Gasteiger partial charge is 0.254 e. The van der Waals surface area contributed by atoms with E-state index >= 15 is 0 Å². The second kappa shape index (κ2) is 7.91. The van der Waals surface area contributed by atoms with Crippen LogP contribution in [0.15, 0.2) is 61.2 Å². The zero-order valence-corrected chi connectivity index (χ0v) is 14.8. The van der Waals surface area contributed by atoms with Gasteiger partial charge in [-0.25, -0.2) is 4.39 Å². The van der Waals surface area contributed by atoms with Gasteiger partial charge in [0.25, 0.3) is 5.91 Å². The highest BCUT2D eigenvalue weighted by Gasteiger charge is 2.22. The van der Waals surface area contributed by atoms with E-state index in [1.54, 1.807) is 52.5 Å². The van der Waals surface area contributed by atoms with Crippen LogP contribution in [0.1, 0.15) is 36.2 Å². The number of aromatic nitrogens is 3. The Kier molecular flexibility index (Phi) is 5.41. The zero-order valence-electron chi connectivity index (χ0n) is 14.8. The summed E-state index contributed by atoms with van der Waals surface area (Å²) in [5.74, 6) is -0.427. The van der Waals surface area contributed by atoms with Crippen molar-refractivity contribution in [3.8, 4) is 5.69 Å². The first-order valence-corrected chi connectivity index (χ1v) is 8.59. The molecule has 0 N–H and O–H groups in total. The summed E-state index contributed by atoms with van der Waals surface area (Å²) in [6, 6.07) is 13.8. The number of nitrogens with zero attached hydrogens (tertiary/aromatic N) is 4. The lowest BCUT2D eigenvalue weighted by Gasteiger charge is -2.29. The fourth-order valence-corrected chi connectivity index (χ4v) is 2.76. The second-order valence-electron chi connectivity index (χ2n) is 6.20. The zero-order chi connectivity index (χ0) is 18.5. The molecule has 1 aromatic heterocycles. The van der Waals surface area contributed by atoms with Crippen LogP contribution in [0.5, 0.6) is 0 Å². The first kappa shape index (κ1) is 17.8. The quantitative estimate of drug-likeness (QED) is 0.677. The largest absolute Gasteiger partial charge is 0.332 e. The van der Waals surface area contributed by atoms with E-state index in [0.717, 1.165) is 12.1 Å². The van der Waals surface area contributed by atoms with Crippen LogP contribution < -0.4 is 0 Å². The summed E-state index contributed by atoms with van der Waals surface area (Å²) in [4.78, 5) is 14.9. The van der Waals surface area contributed by atoms with Gasteiger partial charge in [0.1, 0.15) is 18.5 Å². The number of carbonyl (C=O) groups is 1. The van der Waals surface area contributed by atoms with Crippen molar-refractivity contribution in [2.75, 3.05) is 0 Å². The molecule has 0 spiro atoms. The van der Waals surface area contributed by atoms with Crippen LogP contribution >= 0.6 is 0 Å². The van der Waals surface area contributed by atoms with E-state index < -0.39 is 0 Å². The van der Waals surface area contributed by atoms with Crippen LogP contribution in [0.3, 0.4) is 0 Å². The molecule has 5 nitrogen and oxygen atoms in total. The van der Waals surface area contributed by atoms with Crippen molar-refractivity contribution in [3.05, 3.63) is 78.1 Å². The molecule has 0 radical (unpaired) electrons. The van der Waals surface area contributed by atoms with E-state index in [-0.39, 0.29) is 24.3 Å². The third-order valence-corrected chi connectivity index (χ3v) is 4.49. The highest BCUT2D eigenvalue weighted by atomic mass is 19.1. The van der Waals surface area contributed by atoms with Crippen LogP contribution in [0.2, 0.25) is 0 Å². The Bertz CT molecular complexity index is 879. The van der Waals surface area contributed by atoms with Gasteiger partial charge in [0, 0.05) is 29.4 Å². The Balaban J connectivity index is 1.91. The molecule has 0 bridgehead atoms. The van der Waals surface area contributed by atoms with Crippen LogP contribution in [0.25, 0.3) is 5.69 Å². The molecule has 134 valence electrons. The lowest BCUT2D eigenvalue weighted by atomic mass is 10.1. The van der Waals surface area contributed by atoms with Gasteiger partial charge in [-0.2, -0.15) is 0 Å². The van der Waals surface area contributed by atoms with Gasteiger partial charge in [-0.15, -0.1) is 10.2 Å². The molecule has 0 aliphatic heterocycles. The Hall–Kier alpha value is -3.02. The predicted octanol–water partition coefficient (Wildman–Crippen LogP) is 3.85. The molecule has 0 aliphatic rings. The third kappa shape index (κ3) is 3.79. The van der Waals surface area contributed by atoms with Crippen LogP contribution in [-0.4, -0.2) is 31.6 Å². The molecule has 0 saturated heterocycles. The molecule has 2 aromatic carbocycles. The van der Waals surface area contributed by atoms with Gasteiger partial charge in [0.15, 0.2) is 0 Å². The molecule has 6 heteroatoms. The standard InChI is InChI=1S/C20H21FN4O/c1-3-15(2)25(12-17-7-4-5-10-19(17)21)20(26)16-8-6-9-18(11-16)24-13-22-23-14-24/h4-11,13-15H,3,12H2,1-2H3/t15-/m1/s1. The van der Waals surface area contributed by atoms with Gasteiger partial charge < -0.3 is 4.90 Å². The summed E-state index contributed by atoms with van der Waals surface area (Å²) in [6.07, 6.45) is 3.94. The van der Waals surface area contributed by atoms with Gasteiger partial charge in [-0.1, -0.05) is 31.2 Å². The van der Waals surface area contributed by atoms with Crippen molar-refractivity contribution in [3.63, 3.8) is 0 Å². The van der Waals surface area contributed by atoms with E-state index in [1.165, 1.54) is 6.07 Å². The topological polar surface area (TPSA) is 51.0 Å². The van der Waals surface area contributed by atoms with Gasteiger partial charge in [-0.3, -0.25) is 9.36 Å². The molecule has 1 atom stereocenters. The van der Waals surface area contributed by atoms with Gasteiger partial charge in [0.2, 0.25) is 0 Å². The third-order valence-electron chi connectivity index (χ3n) is 4.49. The SMILES string of the molecule is CC[C@@H](C)N(Cc1ccccc1F)C(=O)c1cccc(-n2cnnc2)c1.